The summed E-state index contributed by atoms with van der Waals surface area (Å²) in [5.41, 5.74) is 2.54. The van der Waals surface area contributed by atoms with Gasteiger partial charge in [0.25, 0.3) is 0 Å². The third kappa shape index (κ3) is 6.29. The Kier molecular flexibility index (Phi) is 7.91. The molecule has 2 rings (SSSR count). The molecule has 1 aliphatic heterocycles. The molecule has 1 saturated heterocycles. The van der Waals surface area contributed by atoms with Crippen molar-refractivity contribution in [2.75, 3.05) is 26.7 Å². The van der Waals surface area contributed by atoms with Gasteiger partial charge in [-0.05, 0) is 58.7 Å². The lowest BCUT2D eigenvalue weighted by Crippen LogP contribution is -2.45. The molecular weight excluding hydrogens is 324 g/mol. The highest BCUT2D eigenvalue weighted by atomic mass is 16.5. The molecule has 2 N–H and O–H groups in total. The summed E-state index contributed by atoms with van der Waals surface area (Å²) in [7, 11) is 2.17. The molecule has 146 valence electrons. The number of benzene rings is 1. The molecule has 5 heteroatoms. The zero-order valence-electron chi connectivity index (χ0n) is 17.1. The van der Waals surface area contributed by atoms with Crippen LogP contribution in [-0.2, 0) is 17.8 Å². The van der Waals surface area contributed by atoms with E-state index in [1.165, 1.54) is 11.1 Å². The molecule has 1 aromatic carbocycles. The van der Waals surface area contributed by atoms with E-state index in [4.69, 9.17) is 9.73 Å². The van der Waals surface area contributed by atoms with Crippen LogP contribution in [0, 0.1) is 0 Å². The maximum Gasteiger partial charge on any atom is 0.191 e. The summed E-state index contributed by atoms with van der Waals surface area (Å²) in [5, 5.41) is 6.80. The normalized spacial score (nSPS) is 20.8. The van der Waals surface area contributed by atoms with Crippen molar-refractivity contribution < 1.29 is 4.74 Å². The number of rotatable bonds is 8. The van der Waals surface area contributed by atoms with Crippen LogP contribution in [0.25, 0.3) is 0 Å². The highest BCUT2D eigenvalue weighted by Crippen LogP contribution is 2.23. The van der Waals surface area contributed by atoms with Crippen LogP contribution in [0.4, 0.5) is 0 Å². The fraction of sp³-hybridized carbons (Fsp3) is 0.667. The van der Waals surface area contributed by atoms with Gasteiger partial charge in [-0.1, -0.05) is 24.3 Å². The summed E-state index contributed by atoms with van der Waals surface area (Å²) >= 11 is 0. The molecular formula is C21H36N4O. The number of nitrogens with one attached hydrogen (secondary N) is 2. The molecule has 0 amide bonds. The second-order valence-corrected chi connectivity index (χ2v) is 7.73. The summed E-state index contributed by atoms with van der Waals surface area (Å²) in [6.07, 6.45) is 2.24. The average Bonchev–Trinajstić information content (AvgIpc) is 3.05. The van der Waals surface area contributed by atoms with Crippen molar-refractivity contribution in [2.45, 2.75) is 65.3 Å². The van der Waals surface area contributed by atoms with Gasteiger partial charge in [0.2, 0.25) is 0 Å². The minimum atomic E-state index is -0.0753. The lowest BCUT2D eigenvalue weighted by atomic mass is 10.0. The van der Waals surface area contributed by atoms with E-state index < -0.39 is 0 Å². The van der Waals surface area contributed by atoms with Crippen molar-refractivity contribution in [3.05, 3.63) is 35.4 Å². The molecule has 1 atom stereocenters. The van der Waals surface area contributed by atoms with Gasteiger partial charge < -0.3 is 15.4 Å². The molecule has 1 heterocycles. The SMILES string of the molecule is CCNC(=NCc1ccccc1CN(C)C(C)C)NCC1(C)CCCO1. The van der Waals surface area contributed by atoms with Crippen LogP contribution in [0.2, 0.25) is 0 Å². The Bertz CT molecular complexity index is 579. The second kappa shape index (κ2) is 9.93. The average molecular weight is 361 g/mol. The lowest BCUT2D eigenvalue weighted by Gasteiger charge is -2.25. The number of guanidine groups is 1. The molecule has 1 aliphatic rings. The predicted octanol–water partition coefficient (Wildman–Crippen LogP) is 3.15. The Morgan fingerprint density at radius 3 is 2.62 bits per heavy atom. The Morgan fingerprint density at radius 1 is 1.27 bits per heavy atom. The van der Waals surface area contributed by atoms with Crippen molar-refractivity contribution in [1.82, 2.24) is 15.5 Å². The second-order valence-electron chi connectivity index (χ2n) is 7.73. The molecule has 0 bridgehead atoms. The van der Waals surface area contributed by atoms with E-state index in [1.807, 2.05) is 0 Å². The number of hydrogen-bond donors (Lipinski definition) is 2. The summed E-state index contributed by atoms with van der Waals surface area (Å²) < 4.78 is 5.87. The first kappa shape index (κ1) is 20.7. The number of ether oxygens (including phenoxy) is 1. The number of aliphatic imine (C=N–C) groups is 1. The fourth-order valence-electron chi connectivity index (χ4n) is 3.07. The topological polar surface area (TPSA) is 48.9 Å². The molecule has 1 aromatic rings. The molecule has 0 spiro atoms. The molecule has 0 radical (unpaired) electrons. The van der Waals surface area contributed by atoms with Crippen molar-refractivity contribution in [3.63, 3.8) is 0 Å². The Labute approximate surface area is 159 Å². The maximum absolute atomic E-state index is 5.87. The molecule has 1 fully saturated rings. The van der Waals surface area contributed by atoms with E-state index in [0.29, 0.717) is 12.6 Å². The van der Waals surface area contributed by atoms with E-state index >= 15 is 0 Å². The van der Waals surface area contributed by atoms with Gasteiger partial charge >= 0.3 is 0 Å². The van der Waals surface area contributed by atoms with Crippen LogP contribution >= 0.6 is 0 Å². The molecule has 0 saturated carbocycles. The minimum Gasteiger partial charge on any atom is -0.373 e. The van der Waals surface area contributed by atoms with Crippen LogP contribution < -0.4 is 10.6 Å². The van der Waals surface area contributed by atoms with Crippen LogP contribution in [0.3, 0.4) is 0 Å². The van der Waals surface area contributed by atoms with E-state index in [-0.39, 0.29) is 5.60 Å². The van der Waals surface area contributed by atoms with Gasteiger partial charge in [0.05, 0.1) is 12.1 Å². The first-order valence-corrected chi connectivity index (χ1v) is 9.86. The van der Waals surface area contributed by atoms with E-state index in [2.05, 4.69) is 74.5 Å². The Hall–Kier alpha value is -1.59. The van der Waals surface area contributed by atoms with Crippen molar-refractivity contribution in [2.24, 2.45) is 4.99 Å². The van der Waals surface area contributed by atoms with Crippen molar-refractivity contribution in [3.8, 4) is 0 Å². The van der Waals surface area contributed by atoms with Gasteiger partial charge in [0, 0.05) is 32.3 Å². The molecule has 1 unspecified atom stereocenters. The third-order valence-corrected chi connectivity index (χ3v) is 5.10. The van der Waals surface area contributed by atoms with Crippen molar-refractivity contribution >= 4 is 5.96 Å². The smallest absolute Gasteiger partial charge is 0.191 e. The fourth-order valence-corrected chi connectivity index (χ4v) is 3.07. The number of nitrogens with zero attached hydrogens (tertiary/aromatic N) is 2. The van der Waals surface area contributed by atoms with E-state index in [0.717, 1.165) is 45.0 Å². The minimum absolute atomic E-state index is 0.0753. The number of hydrogen-bond acceptors (Lipinski definition) is 3. The van der Waals surface area contributed by atoms with Gasteiger partial charge in [0.1, 0.15) is 0 Å². The highest BCUT2D eigenvalue weighted by Gasteiger charge is 2.29. The van der Waals surface area contributed by atoms with Gasteiger partial charge in [-0.2, -0.15) is 0 Å². The van der Waals surface area contributed by atoms with Gasteiger partial charge in [0.15, 0.2) is 5.96 Å². The Balaban J connectivity index is 2.02. The molecule has 5 nitrogen and oxygen atoms in total. The standard InChI is InChI=1S/C21H36N4O/c1-6-22-20(24-16-21(4)12-9-13-26-21)23-14-18-10-7-8-11-19(18)15-25(5)17(2)3/h7-8,10-11,17H,6,9,12-16H2,1-5H3,(H2,22,23,24). The first-order valence-electron chi connectivity index (χ1n) is 9.86. The monoisotopic (exact) mass is 360 g/mol. The summed E-state index contributed by atoms with van der Waals surface area (Å²) in [5.74, 6) is 0.858. The summed E-state index contributed by atoms with van der Waals surface area (Å²) in [4.78, 5) is 7.16. The lowest BCUT2D eigenvalue weighted by molar-refractivity contribution is 0.0243. The third-order valence-electron chi connectivity index (χ3n) is 5.10. The molecule has 0 aliphatic carbocycles. The van der Waals surface area contributed by atoms with Crippen LogP contribution in [0.15, 0.2) is 29.3 Å². The largest absolute Gasteiger partial charge is 0.373 e. The Morgan fingerprint density at radius 2 is 2.00 bits per heavy atom. The quantitative estimate of drug-likeness (QED) is 0.552. The van der Waals surface area contributed by atoms with Crippen LogP contribution in [0.1, 0.15) is 51.7 Å². The maximum atomic E-state index is 5.87. The van der Waals surface area contributed by atoms with Crippen molar-refractivity contribution in [1.29, 1.82) is 0 Å². The van der Waals surface area contributed by atoms with Crippen LogP contribution in [-0.4, -0.2) is 49.2 Å². The van der Waals surface area contributed by atoms with E-state index in [9.17, 15) is 0 Å². The first-order chi connectivity index (χ1) is 12.4. The summed E-state index contributed by atoms with van der Waals surface area (Å²) in [6, 6.07) is 9.11. The predicted molar refractivity (Wildman–Crippen MR) is 109 cm³/mol. The summed E-state index contributed by atoms with van der Waals surface area (Å²) in [6.45, 7) is 12.8. The zero-order valence-corrected chi connectivity index (χ0v) is 17.1. The molecule has 26 heavy (non-hydrogen) atoms. The van der Waals surface area contributed by atoms with Gasteiger partial charge in [-0.15, -0.1) is 0 Å². The highest BCUT2D eigenvalue weighted by molar-refractivity contribution is 5.79. The molecule has 0 aromatic heterocycles. The van der Waals surface area contributed by atoms with Crippen LogP contribution in [0.5, 0.6) is 0 Å². The van der Waals surface area contributed by atoms with Gasteiger partial charge in [-0.3, -0.25) is 4.90 Å². The zero-order chi connectivity index (χ0) is 19.0. The van der Waals surface area contributed by atoms with E-state index in [1.54, 1.807) is 0 Å². The van der Waals surface area contributed by atoms with Gasteiger partial charge in [-0.25, -0.2) is 4.99 Å².